The van der Waals surface area contributed by atoms with Gasteiger partial charge in [-0.15, -0.1) is 0 Å². The molecule has 314 valence electrons. The summed E-state index contributed by atoms with van der Waals surface area (Å²) in [6, 6.07) is 20.8. The number of rotatable bonds is 17. The lowest BCUT2D eigenvalue weighted by Gasteiger charge is -2.33. The Hall–Kier alpha value is -7.05. The molecule has 3 aromatic rings. The maximum Gasteiger partial charge on any atom is 0.338 e. The number of nitrogens with zero attached hydrogens (tertiary/aromatic N) is 2. The van der Waals surface area contributed by atoms with Crippen LogP contribution in [-0.4, -0.2) is 78.6 Å². The van der Waals surface area contributed by atoms with Gasteiger partial charge in [0.15, 0.2) is 18.4 Å². The van der Waals surface area contributed by atoms with Gasteiger partial charge < -0.3 is 33.7 Å². The molecule has 1 fully saturated rings. The fourth-order valence-corrected chi connectivity index (χ4v) is 6.52. The standard InChI is InChI=1S/C49H48N2O10/c1-29(2)47(54)59-25-32(7)50(38-17-21-40(22-18-38)57-27-42-28-58-42)36-13-9-34(10-14-36)43-45(52)44(46(43)53)35-11-15-37(16-12-35)51(33(8)26-60-48(55)30(3)4)39-19-23-41(24-20-39)61-49(56)31(5)6/h9-24,32-33,42H,1,3,5,25-28H2,2,4,6-8H3. The monoisotopic (exact) mass is 824 g/mol. The molecule has 3 aromatic carbocycles. The maximum atomic E-state index is 13.7. The maximum absolute atomic E-state index is 13.7. The number of anilines is 2. The van der Waals surface area contributed by atoms with E-state index in [0.717, 1.165) is 11.4 Å². The van der Waals surface area contributed by atoms with Crippen LogP contribution in [0.3, 0.4) is 0 Å². The molecule has 1 aliphatic heterocycles. The second-order valence-corrected chi connectivity index (χ2v) is 15.1. The van der Waals surface area contributed by atoms with Crippen molar-refractivity contribution in [1.29, 1.82) is 0 Å². The number of epoxide rings is 1. The molecule has 0 N–H and O–H groups in total. The minimum absolute atomic E-state index is 0.0300. The number of hydrogen-bond donors (Lipinski definition) is 0. The molecule has 0 bridgehead atoms. The van der Waals surface area contributed by atoms with Crippen LogP contribution in [0.1, 0.15) is 40.2 Å². The molecular formula is C49H48N2O10. The SMILES string of the molecule is C=C(C)C(=O)OCC(C)N(c1ccc(OCC2CO2)cc1)c1ccc(C2=C([O-])C(=C3C=CC(=[N+](c4ccc(OC(=O)C(=C)C)cc4)C(C)COC(=O)C(=C)C)C=C3)C2=O)cc1. The van der Waals surface area contributed by atoms with Crippen molar-refractivity contribution < 1.29 is 52.5 Å². The Morgan fingerprint density at radius 2 is 1.28 bits per heavy atom. The van der Waals surface area contributed by atoms with Gasteiger partial charge in [0.05, 0.1) is 12.6 Å². The number of ether oxygens (including phenoxy) is 5. The van der Waals surface area contributed by atoms with E-state index in [9.17, 15) is 24.3 Å². The molecule has 3 atom stereocenters. The first-order valence-corrected chi connectivity index (χ1v) is 19.7. The second kappa shape index (κ2) is 18.9. The number of esters is 3. The Morgan fingerprint density at radius 1 is 0.754 bits per heavy atom. The van der Waals surface area contributed by atoms with Crippen LogP contribution in [0.5, 0.6) is 11.5 Å². The molecule has 3 aliphatic rings. The van der Waals surface area contributed by atoms with Crippen molar-refractivity contribution in [3.8, 4) is 11.5 Å². The van der Waals surface area contributed by atoms with Crippen LogP contribution in [0, 0.1) is 0 Å². The molecule has 6 rings (SSSR count). The fourth-order valence-electron chi connectivity index (χ4n) is 6.52. The van der Waals surface area contributed by atoms with Gasteiger partial charge in [0.1, 0.15) is 30.8 Å². The molecule has 12 nitrogen and oxygen atoms in total. The van der Waals surface area contributed by atoms with Gasteiger partial charge in [0.2, 0.25) is 11.4 Å². The Balaban J connectivity index is 1.25. The molecule has 2 aliphatic carbocycles. The quantitative estimate of drug-likeness (QED) is 0.0458. The van der Waals surface area contributed by atoms with Crippen LogP contribution in [0.4, 0.5) is 17.1 Å². The van der Waals surface area contributed by atoms with Crippen LogP contribution in [0.2, 0.25) is 0 Å². The summed E-state index contributed by atoms with van der Waals surface area (Å²) >= 11 is 0. The summed E-state index contributed by atoms with van der Waals surface area (Å²) in [6.07, 6.45) is 7.10. The molecule has 0 amide bonds. The lowest BCUT2D eigenvalue weighted by Crippen LogP contribution is -2.33. The number of Topliss-reactive ketones (excluding diaryl/α,β-unsaturated/α-hetero) is 1. The van der Waals surface area contributed by atoms with Gasteiger partial charge in [0.25, 0.3) is 0 Å². The number of hydrogen-bond acceptors (Lipinski definition) is 11. The molecule has 0 spiro atoms. The van der Waals surface area contributed by atoms with Gasteiger partial charge in [-0.3, -0.25) is 4.79 Å². The van der Waals surface area contributed by atoms with E-state index in [1.165, 1.54) is 0 Å². The minimum atomic E-state index is -0.545. The summed E-state index contributed by atoms with van der Waals surface area (Å²) in [6.45, 7) is 20.7. The van der Waals surface area contributed by atoms with Crippen LogP contribution < -0.4 is 19.5 Å². The van der Waals surface area contributed by atoms with Crippen molar-refractivity contribution in [3.63, 3.8) is 0 Å². The number of benzene rings is 3. The topological polar surface area (TPSA) is 147 Å². The average molecular weight is 825 g/mol. The molecule has 12 heteroatoms. The molecule has 1 heterocycles. The Bertz CT molecular complexity index is 2410. The van der Waals surface area contributed by atoms with Crippen LogP contribution in [0.15, 0.2) is 150 Å². The average Bonchev–Trinajstić information content (AvgIpc) is 4.08. The molecule has 61 heavy (non-hydrogen) atoms. The molecule has 0 saturated carbocycles. The summed E-state index contributed by atoms with van der Waals surface area (Å²) in [5.41, 5.74) is 4.90. The number of carbonyl (C=O) groups excluding carboxylic acids is 4. The fraction of sp³-hybridized carbons (Fsp3) is 0.245. The third-order valence-corrected chi connectivity index (χ3v) is 9.89. The minimum Gasteiger partial charge on any atom is -0.871 e. The van der Waals surface area contributed by atoms with Gasteiger partial charge in [-0.05, 0) is 99.5 Å². The smallest absolute Gasteiger partial charge is 0.338 e. The summed E-state index contributed by atoms with van der Waals surface area (Å²) in [5.74, 6) is -1.27. The Labute approximate surface area is 355 Å². The van der Waals surface area contributed by atoms with E-state index in [4.69, 9.17) is 23.7 Å². The summed E-state index contributed by atoms with van der Waals surface area (Å²) in [4.78, 5) is 52.2. The van der Waals surface area contributed by atoms with Crippen LogP contribution in [-0.2, 0) is 33.4 Å². The molecule has 1 saturated heterocycles. The molecule has 0 radical (unpaired) electrons. The summed E-state index contributed by atoms with van der Waals surface area (Å²) in [5, 5.41) is 13.7. The van der Waals surface area contributed by atoms with Gasteiger partial charge in [-0.25, -0.2) is 14.4 Å². The van der Waals surface area contributed by atoms with E-state index in [-0.39, 0.29) is 65.2 Å². The van der Waals surface area contributed by atoms with Gasteiger partial charge in [-0.1, -0.05) is 37.6 Å². The summed E-state index contributed by atoms with van der Waals surface area (Å²) in [7, 11) is 0. The highest BCUT2D eigenvalue weighted by molar-refractivity contribution is 6.39. The third-order valence-electron chi connectivity index (χ3n) is 9.89. The highest BCUT2D eigenvalue weighted by Gasteiger charge is 2.32. The van der Waals surface area contributed by atoms with E-state index in [1.807, 2.05) is 59.7 Å². The van der Waals surface area contributed by atoms with E-state index in [0.29, 0.717) is 52.8 Å². The normalized spacial score (nSPS) is 16.2. The first kappa shape index (κ1) is 43.5. The first-order chi connectivity index (χ1) is 29.1. The lowest BCUT2D eigenvalue weighted by atomic mass is 9.80. The van der Waals surface area contributed by atoms with E-state index < -0.39 is 17.9 Å². The van der Waals surface area contributed by atoms with E-state index >= 15 is 0 Å². The zero-order chi connectivity index (χ0) is 44.0. The van der Waals surface area contributed by atoms with Crippen molar-refractivity contribution in [2.45, 2.75) is 52.8 Å². The lowest BCUT2D eigenvalue weighted by molar-refractivity contribution is -0.482. The zero-order valence-corrected chi connectivity index (χ0v) is 34.9. The third kappa shape index (κ3) is 10.4. The van der Waals surface area contributed by atoms with Gasteiger partial charge >= 0.3 is 17.9 Å². The number of ketones is 1. The molecular weight excluding hydrogens is 777 g/mol. The predicted molar refractivity (Wildman–Crippen MR) is 230 cm³/mol. The van der Waals surface area contributed by atoms with Gasteiger partial charge in [-0.2, -0.15) is 4.58 Å². The number of carbonyl (C=O) groups is 4. The predicted octanol–water partition coefficient (Wildman–Crippen LogP) is 6.96. The highest BCUT2D eigenvalue weighted by Crippen LogP contribution is 2.39. The van der Waals surface area contributed by atoms with E-state index in [1.54, 1.807) is 81.5 Å². The van der Waals surface area contributed by atoms with Crippen molar-refractivity contribution in [3.05, 3.63) is 156 Å². The Kier molecular flexibility index (Phi) is 13.5. The highest BCUT2D eigenvalue weighted by atomic mass is 16.6. The van der Waals surface area contributed by atoms with Crippen LogP contribution >= 0.6 is 0 Å². The van der Waals surface area contributed by atoms with Gasteiger partial charge in [0, 0.05) is 70.4 Å². The van der Waals surface area contributed by atoms with Crippen molar-refractivity contribution >= 4 is 52.0 Å². The second-order valence-electron chi connectivity index (χ2n) is 15.1. The first-order valence-electron chi connectivity index (χ1n) is 19.7. The largest absolute Gasteiger partial charge is 0.871 e. The molecule has 0 aromatic heterocycles. The van der Waals surface area contributed by atoms with Crippen LogP contribution in [0.25, 0.3) is 5.57 Å². The molecule has 3 unspecified atom stereocenters. The Morgan fingerprint density at radius 3 is 1.80 bits per heavy atom. The zero-order valence-electron chi connectivity index (χ0n) is 34.9. The van der Waals surface area contributed by atoms with Crippen molar-refractivity contribution in [2.75, 3.05) is 31.3 Å². The van der Waals surface area contributed by atoms with E-state index in [2.05, 4.69) is 19.7 Å². The van der Waals surface area contributed by atoms with Crippen molar-refractivity contribution in [1.82, 2.24) is 0 Å². The number of allylic oxidation sites excluding steroid dienone is 7. The van der Waals surface area contributed by atoms with Crippen molar-refractivity contribution in [2.24, 2.45) is 0 Å². The summed E-state index contributed by atoms with van der Waals surface area (Å²) < 4.78 is 29.3.